The minimum absolute atomic E-state index is 0.0442. The minimum Gasteiger partial charge on any atom is -0.322 e. The lowest BCUT2D eigenvalue weighted by Gasteiger charge is -2.11. The standard InChI is InChI=1S/C25H22Cl2N2O2/c1-16(2)18-11-9-17(10-12-18)13-23(24(30)28-21-7-3-5-19(26)14-21)25(31)29-22-8-4-6-20(27)15-22/h3-16H,1-2H3,(H,28,30)(H,29,31). The SMILES string of the molecule is CC(C)c1ccc(C=C(C(=O)Nc2cccc(Cl)c2)C(=O)Nc2cccc(Cl)c2)cc1. The van der Waals surface area contributed by atoms with Crippen LogP contribution in [0.5, 0.6) is 0 Å². The van der Waals surface area contributed by atoms with Gasteiger partial charge in [-0.3, -0.25) is 9.59 Å². The lowest BCUT2D eigenvalue weighted by molar-refractivity contribution is -0.118. The predicted octanol–water partition coefficient (Wildman–Crippen LogP) is 6.78. The topological polar surface area (TPSA) is 58.2 Å². The first-order chi connectivity index (χ1) is 14.8. The van der Waals surface area contributed by atoms with Crippen LogP contribution < -0.4 is 10.6 Å². The highest BCUT2D eigenvalue weighted by Gasteiger charge is 2.19. The maximum atomic E-state index is 13.0. The molecule has 0 atom stereocenters. The fourth-order valence-corrected chi connectivity index (χ4v) is 3.29. The van der Waals surface area contributed by atoms with Crippen LogP contribution in [0.2, 0.25) is 10.0 Å². The Morgan fingerprint density at radius 1 is 0.774 bits per heavy atom. The molecule has 3 aromatic rings. The number of carbonyl (C=O) groups is 2. The summed E-state index contributed by atoms with van der Waals surface area (Å²) in [5, 5.41) is 6.43. The molecule has 0 aliphatic rings. The molecule has 31 heavy (non-hydrogen) atoms. The summed E-state index contributed by atoms with van der Waals surface area (Å²) in [7, 11) is 0. The summed E-state index contributed by atoms with van der Waals surface area (Å²) in [6, 6.07) is 21.2. The quantitative estimate of drug-likeness (QED) is 0.246. The number of benzene rings is 3. The van der Waals surface area contributed by atoms with Crippen molar-refractivity contribution in [3.63, 3.8) is 0 Å². The van der Waals surface area contributed by atoms with Crippen molar-refractivity contribution in [2.24, 2.45) is 0 Å². The van der Waals surface area contributed by atoms with Crippen LogP contribution in [0.15, 0.2) is 78.4 Å². The monoisotopic (exact) mass is 452 g/mol. The smallest absolute Gasteiger partial charge is 0.261 e. The minimum atomic E-state index is -0.547. The van der Waals surface area contributed by atoms with E-state index in [0.717, 1.165) is 5.56 Å². The molecule has 0 aromatic heterocycles. The zero-order valence-corrected chi connectivity index (χ0v) is 18.7. The Morgan fingerprint density at radius 2 is 1.26 bits per heavy atom. The van der Waals surface area contributed by atoms with E-state index in [0.29, 0.717) is 27.3 Å². The van der Waals surface area contributed by atoms with Crippen LogP contribution in [0, 0.1) is 0 Å². The van der Waals surface area contributed by atoms with Crippen LogP contribution in [0.25, 0.3) is 6.08 Å². The number of nitrogens with one attached hydrogen (secondary N) is 2. The van der Waals surface area contributed by atoms with Gasteiger partial charge in [0.1, 0.15) is 5.57 Å². The molecule has 0 aliphatic carbocycles. The van der Waals surface area contributed by atoms with Crippen LogP contribution in [-0.4, -0.2) is 11.8 Å². The Morgan fingerprint density at radius 3 is 1.68 bits per heavy atom. The normalized spacial score (nSPS) is 10.5. The molecule has 2 N–H and O–H groups in total. The first kappa shape index (κ1) is 22.6. The van der Waals surface area contributed by atoms with E-state index in [1.165, 1.54) is 5.56 Å². The summed E-state index contributed by atoms with van der Waals surface area (Å²) < 4.78 is 0. The molecule has 0 radical (unpaired) electrons. The maximum absolute atomic E-state index is 13.0. The van der Waals surface area contributed by atoms with Gasteiger partial charge in [-0.25, -0.2) is 0 Å². The fourth-order valence-electron chi connectivity index (χ4n) is 2.91. The van der Waals surface area contributed by atoms with Crippen LogP contribution in [0.4, 0.5) is 11.4 Å². The van der Waals surface area contributed by atoms with Crippen LogP contribution in [-0.2, 0) is 9.59 Å². The highest BCUT2D eigenvalue weighted by atomic mass is 35.5. The summed E-state index contributed by atoms with van der Waals surface area (Å²) >= 11 is 12.0. The molecule has 0 bridgehead atoms. The number of hydrogen-bond donors (Lipinski definition) is 2. The second kappa shape index (κ2) is 10.3. The summed E-state index contributed by atoms with van der Waals surface area (Å²) in [6.07, 6.45) is 1.56. The van der Waals surface area contributed by atoms with Crippen LogP contribution in [0.1, 0.15) is 30.9 Å². The van der Waals surface area contributed by atoms with Gasteiger partial charge in [0, 0.05) is 21.4 Å². The second-order valence-corrected chi connectivity index (χ2v) is 8.18. The highest BCUT2D eigenvalue weighted by molar-refractivity contribution is 6.32. The molecular weight excluding hydrogens is 431 g/mol. The van der Waals surface area contributed by atoms with E-state index in [1.54, 1.807) is 54.6 Å². The molecule has 0 unspecified atom stereocenters. The second-order valence-electron chi connectivity index (χ2n) is 7.31. The van der Waals surface area contributed by atoms with E-state index in [4.69, 9.17) is 23.2 Å². The van der Waals surface area contributed by atoms with Gasteiger partial charge in [-0.05, 0) is 59.5 Å². The van der Waals surface area contributed by atoms with Crippen molar-refractivity contribution in [1.82, 2.24) is 0 Å². The number of anilines is 2. The van der Waals surface area contributed by atoms with Gasteiger partial charge in [-0.1, -0.05) is 73.4 Å². The van der Waals surface area contributed by atoms with Gasteiger partial charge >= 0.3 is 0 Å². The fraction of sp³-hybridized carbons (Fsp3) is 0.120. The van der Waals surface area contributed by atoms with E-state index in [2.05, 4.69) is 24.5 Å². The molecule has 3 aromatic carbocycles. The van der Waals surface area contributed by atoms with E-state index in [-0.39, 0.29) is 5.57 Å². The number of hydrogen-bond acceptors (Lipinski definition) is 2. The third-order valence-corrected chi connectivity index (χ3v) is 5.04. The molecule has 158 valence electrons. The van der Waals surface area contributed by atoms with Gasteiger partial charge < -0.3 is 10.6 Å². The average molecular weight is 453 g/mol. The largest absolute Gasteiger partial charge is 0.322 e. The number of carbonyl (C=O) groups excluding carboxylic acids is 2. The Balaban J connectivity index is 1.91. The first-order valence-electron chi connectivity index (χ1n) is 9.77. The summed E-state index contributed by atoms with van der Waals surface area (Å²) in [5.41, 5.74) is 2.85. The lowest BCUT2D eigenvalue weighted by Crippen LogP contribution is -2.25. The molecule has 2 amide bonds. The molecule has 6 heteroatoms. The van der Waals surface area contributed by atoms with Gasteiger partial charge in [0.25, 0.3) is 11.8 Å². The molecule has 4 nitrogen and oxygen atoms in total. The molecule has 0 fully saturated rings. The van der Waals surface area contributed by atoms with Crippen LogP contribution in [0.3, 0.4) is 0 Å². The number of rotatable bonds is 6. The molecule has 0 saturated carbocycles. The van der Waals surface area contributed by atoms with Crippen molar-refractivity contribution >= 4 is 52.5 Å². The molecule has 0 spiro atoms. The van der Waals surface area contributed by atoms with Crippen molar-refractivity contribution < 1.29 is 9.59 Å². The Labute approximate surface area is 191 Å². The van der Waals surface area contributed by atoms with Crippen LogP contribution >= 0.6 is 23.2 Å². The van der Waals surface area contributed by atoms with Crippen molar-refractivity contribution in [1.29, 1.82) is 0 Å². The predicted molar refractivity (Wildman–Crippen MR) is 129 cm³/mol. The van der Waals surface area contributed by atoms with Crippen molar-refractivity contribution in [2.75, 3.05) is 10.6 Å². The lowest BCUT2D eigenvalue weighted by atomic mass is 10.0. The molecule has 0 saturated heterocycles. The van der Waals surface area contributed by atoms with E-state index >= 15 is 0 Å². The van der Waals surface area contributed by atoms with Gasteiger partial charge in [0.2, 0.25) is 0 Å². The highest BCUT2D eigenvalue weighted by Crippen LogP contribution is 2.20. The van der Waals surface area contributed by atoms with E-state index < -0.39 is 11.8 Å². The van der Waals surface area contributed by atoms with E-state index in [1.807, 2.05) is 24.3 Å². The van der Waals surface area contributed by atoms with Gasteiger partial charge in [0.05, 0.1) is 0 Å². The number of amides is 2. The third-order valence-electron chi connectivity index (χ3n) is 4.57. The first-order valence-corrected chi connectivity index (χ1v) is 10.5. The zero-order valence-electron chi connectivity index (χ0n) is 17.2. The maximum Gasteiger partial charge on any atom is 0.261 e. The third kappa shape index (κ3) is 6.45. The molecular formula is C25H22Cl2N2O2. The van der Waals surface area contributed by atoms with Crippen molar-refractivity contribution in [2.45, 2.75) is 19.8 Å². The number of halogens is 2. The Hall–Kier alpha value is -3.08. The van der Waals surface area contributed by atoms with Gasteiger partial charge in [-0.15, -0.1) is 0 Å². The van der Waals surface area contributed by atoms with Gasteiger partial charge in [0.15, 0.2) is 0 Å². The van der Waals surface area contributed by atoms with E-state index in [9.17, 15) is 9.59 Å². The average Bonchev–Trinajstić information content (AvgIpc) is 2.72. The molecule has 3 rings (SSSR count). The molecule has 0 aliphatic heterocycles. The summed E-state index contributed by atoms with van der Waals surface area (Å²) in [5.74, 6) is -0.709. The van der Waals surface area contributed by atoms with Crippen molar-refractivity contribution in [3.8, 4) is 0 Å². The van der Waals surface area contributed by atoms with Crippen molar-refractivity contribution in [3.05, 3.63) is 99.5 Å². The zero-order chi connectivity index (χ0) is 22.4. The summed E-state index contributed by atoms with van der Waals surface area (Å²) in [4.78, 5) is 26.0. The van der Waals surface area contributed by atoms with Gasteiger partial charge in [-0.2, -0.15) is 0 Å². The Kier molecular flexibility index (Phi) is 7.50. The molecule has 0 heterocycles. The Bertz CT molecular complexity index is 1060. The summed E-state index contributed by atoms with van der Waals surface area (Å²) in [6.45, 7) is 4.21.